The average molecular weight is 370 g/mol. The number of carbonyl (C=O) groups excluding carboxylic acids is 1. The molecule has 2 saturated heterocycles. The first-order chi connectivity index (χ1) is 13.3. The van der Waals surface area contributed by atoms with Crippen molar-refractivity contribution in [3.8, 4) is 0 Å². The summed E-state index contributed by atoms with van der Waals surface area (Å²) in [5.41, 5.74) is 2.13. The van der Waals surface area contributed by atoms with Gasteiger partial charge in [0.2, 0.25) is 5.76 Å². The van der Waals surface area contributed by atoms with E-state index in [2.05, 4.69) is 26.4 Å². The zero-order chi connectivity index (χ0) is 18.5. The molecular formula is C20H26N4O3. The molecule has 0 aromatic carbocycles. The first kappa shape index (κ1) is 18.1. The highest BCUT2D eigenvalue weighted by molar-refractivity contribution is 5.91. The van der Waals surface area contributed by atoms with Gasteiger partial charge in [-0.15, -0.1) is 0 Å². The third kappa shape index (κ3) is 4.73. The third-order valence-corrected chi connectivity index (χ3v) is 5.38. The molecular weight excluding hydrogens is 344 g/mol. The van der Waals surface area contributed by atoms with Gasteiger partial charge in [0.05, 0.1) is 18.3 Å². The van der Waals surface area contributed by atoms with E-state index in [1.807, 2.05) is 12.3 Å². The van der Waals surface area contributed by atoms with Crippen molar-refractivity contribution in [2.75, 3.05) is 26.3 Å². The average Bonchev–Trinajstić information content (AvgIpc) is 3.21. The lowest BCUT2D eigenvalue weighted by Crippen LogP contribution is -2.40. The molecule has 0 bridgehead atoms. The Labute approximate surface area is 159 Å². The van der Waals surface area contributed by atoms with Crippen LogP contribution in [-0.4, -0.2) is 53.3 Å². The second-order valence-electron chi connectivity index (χ2n) is 7.42. The molecule has 2 aromatic rings. The highest BCUT2D eigenvalue weighted by Gasteiger charge is 2.26. The molecule has 27 heavy (non-hydrogen) atoms. The first-order valence-corrected chi connectivity index (χ1v) is 9.74. The summed E-state index contributed by atoms with van der Waals surface area (Å²) in [7, 11) is 0. The topological polar surface area (TPSA) is 80.5 Å². The smallest absolute Gasteiger partial charge is 0.290 e. The van der Waals surface area contributed by atoms with Crippen LogP contribution >= 0.6 is 0 Å². The Bertz CT molecular complexity index is 735. The number of piperidine rings is 1. The van der Waals surface area contributed by atoms with Crippen LogP contribution in [0.2, 0.25) is 0 Å². The molecule has 4 heterocycles. The molecule has 2 aliphatic heterocycles. The van der Waals surface area contributed by atoms with Gasteiger partial charge in [0.15, 0.2) is 0 Å². The Balaban J connectivity index is 1.28. The van der Waals surface area contributed by atoms with E-state index < -0.39 is 0 Å². The number of aromatic nitrogens is 2. The first-order valence-electron chi connectivity index (χ1n) is 9.74. The van der Waals surface area contributed by atoms with Crippen LogP contribution in [0.1, 0.15) is 53.4 Å². The maximum Gasteiger partial charge on any atom is 0.290 e. The van der Waals surface area contributed by atoms with Gasteiger partial charge in [-0.25, -0.2) is 0 Å². The summed E-state index contributed by atoms with van der Waals surface area (Å²) in [5.74, 6) is 0.449. The molecule has 1 amide bonds. The number of ether oxygens (including phenoxy) is 1. The second kappa shape index (κ2) is 8.63. The highest BCUT2D eigenvalue weighted by atomic mass is 16.5. The molecule has 2 fully saturated rings. The van der Waals surface area contributed by atoms with Crippen LogP contribution in [0.25, 0.3) is 0 Å². The van der Waals surface area contributed by atoms with E-state index in [1.54, 1.807) is 12.3 Å². The summed E-state index contributed by atoms with van der Waals surface area (Å²) >= 11 is 0. The minimum Gasteiger partial charge on any atom is -0.379 e. The molecule has 2 aliphatic rings. The van der Waals surface area contributed by atoms with E-state index in [0.29, 0.717) is 18.3 Å². The van der Waals surface area contributed by atoms with Crippen LogP contribution in [0, 0.1) is 0 Å². The fraction of sp³-hybridized carbons (Fsp3) is 0.550. The van der Waals surface area contributed by atoms with Crippen molar-refractivity contribution < 1.29 is 14.1 Å². The van der Waals surface area contributed by atoms with Crippen molar-refractivity contribution in [2.45, 2.75) is 44.2 Å². The van der Waals surface area contributed by atoms with E-state index in [1.165, 1.54) is 5.56 Å². The molecule has 0 radical (unpaired) electrons. The molecule has 7 nitrogen and oxygen atoms in total. The number of likely N-dealkylation sites (tertiary alicyclic amines) is 1. The Morgan fingerprint density at radius 2 is 2.19 bits per heavy atom. The zero-order valence-corrected chi connectivity index (χ0v) is 15.5. The minimum absolute atomic E-state index is 0.0653. The standard InChI is InChI=1S/C20H26N4O3/c25-20(22-17-4-2-10-26-14-17)19-11-18(23-27-19)16-5-8-24(9-6-16)13-15-3-1-7-21-12-15/h1,3,7,11-12,16-17H,2,4-6,8-10,13-14H2,(H,22,25)/t17-/m0/s1. The molecule has 4 rings (SSSR count). The summed E-state index contributed by atoms with van der Waals surface area (Å²) in [5, 5.41) is 7.14. The minimum atomic E-state index is -0.196. The van der Waals surface area contributed by atoms with Gasteiger partial charge in [0.25, 0.3) is 5.91 Å². The van der Waals surface area contributed by atoms with E-state index in [4.69, 9.17) is 9.26 Å². The zero-order valence-electron chi connectivity index (χ0n) is 15.5. The number of nitrogens with one attached hydrogen (secondary N) is 1. The predicted octanol–water partition coefficient (Wildman–Crippen LogP) is 2.36. The van der Waals surface area contributed by atoms with Gasteiger partial charge < -0.3 is 14.6 Å². The van der Waals surface area contributed by atoms with Gasteiger partial charge >= 0.3 is 0 Å². The van der Waals surface area contributed by atoms with E-state index in [9.17, 15) is 4.79 Å². The maximum absolute atomic E-state index is 12.3. The van der Waals surface area contributed by atoms with Crippen LogP contribution in [0.15, 0.2) is 35.1 Å². The number of amides is 1. The van der Waals surface area contributed by atoms with Gasteiger partial charge in [0, 0.05) is 37.5 Å². The number of pyridine rings is 1. The van der Waals surface area contributed by atoms with Gasteiger partial charge in [0.1, 0.15) is 0 Å². The lowest BCUT2D eigenvalue weighted by Gasteiger charge is -2.30. The van der Waals surface area contributed by atoms with Gasteiger partial charge in [-0.3, -0.25) is 14.7 Å². The van der Waals surface area contributed by atoms with Crippen LogP contribution in [0.4, 0.5) is 0 Å². The molecule has 0 aliphatic carbocycles. The van der Waals surface area contributed by atoms with E-state index in [-0.39, 0.29) is 11.9 Å². The SMILES string of the molecule is O=C(N[C@H]1CCCOC1)c1cc(C2CCN(Cc3cccnc3)CC2)no1. The summed E-state index contributed by atoms with van der Waals surface area (Å²) in [6.07, 6.45) is 7.68. The summed E-state index contributed by atoms with van der Waals surface area (Å²) < 4.78 is 10.7. The Kier molecular flexibility index (Phi) is 5.79. The van der Waals surface area contributed by atoms with E-state index >= 15 is 0 Å². The Morgan fingerprint density at radius 3 is 2.93 bits per heavy atom. The number of rotatable bonds is 5. The van der Waals surface area contributed by atoms with Crippen molar-refractivity contribution in [3.63, 3.8) is 0 Å². The Morgan fingerprint density at radius 1 is 1.30 bits per heavy atom. The molecule has 0 saturated carbocycles. The summed E-state index contributed by atoms with van der Waals surface area (Å²) in [4.78, 5) is 19.0. The van der Waals surface area contributed by atoms with Crippen molar-refractivity contribution in [2.24, 2.45) is 0 Å². The number of hydrogen-bond acceptors (Lipinski definition) is 6. The fourth-order valence-electron chi connectivity index (χ4n) is 3.84. The molecule has 1 atom stereocenters. The number of hydrogen-bond donors (Lipinski definition) is 1. The van der Waals surface area contributed by atoms with Crippen molar-refractivity contribution in [1.82, 2.24) is 20.4 Å². The predicted molar refractivity (Wildman–Crippen MR) is 99.3 cm³/mol. The lowest BCUT2D eigenvalue weighted by atomic mass is 9.93. The van der Waals surface area contributed by atoms with Crippen molar-refractivity contribution >= 4 is 5.91 Å². The van der Waals surface area contributed by atoms with Crippen molar-refractivity contribution in [3.05, 3.63) is 47.6 Å². The molecule has 0 unspecified atom stereocenters. The monoisotopic (exact) mass is 370 g/mol. The number of nitrogens with zero attached hydrogens (tertiary/aromatic N) is 3. The molecule has 144 valence electrons. The summed E-state index contributed by atoms with van der Waals surface area (Å²) in [6.45, 7) is 4.29. The lowest BCUT2D eigenvalue weighted by molar-refractivity contribution is 0.0608. The van der Waals surface area contributed by atoms with Crippen LogP contribution in [-0.2, 0) is 11.3 Å². The Hall–Kier alpha value is -2.25. The largest absolute Gasteiger partial charge is 0.379 e. The molecule has 1 N–H and O–H groups in total. The quantitative estimate of drug-likeness (QED) is 0.870. The van der Waals surface area contributed by atoms with Crippen LogP contribution in [0.5, 0.6) is 0 Å². The fourth-order valence-corrected chi connectivity index (χ4v) is 3.84. The van der Waals surface area contributed by atoms with Gasteiger partial charge in [-0.05, 0) is 50.4 Å². The third-order valence-electron chi connectivity index (χ3n) is 5.38. The van der Waals surface area contributed by atoms with Crippen molar-refractivity contribution in [1.29, 1.82) is 0 Å². The van der Waals surface area contributed by atoms with Gasteiger partial charge in [-0.1, -0.05) is 11.2 Å². The van der Waals surface area contributed by atoms with E-state index in [0.717, 1.165) is 57.6 Å². The normalized spacial score (nSPS) is 21.9. The number of carbonyl (C=O) groups is 1. The molecule has 0 spiro atoms. The molecule has 7 heteroatoms. The molecule has 2 aromatic heterocycles. The van der Waals surface area contributed by atoms with Crippen LogP contribution in [0.3, 0.4) is 0 Å². The summed E-state index contributed by atoms with van der Waals surface area (Å²) in [6, 6.07) is 5.96. The second-order valence-corrected chi connectivity index (χ2v) is 7.42. The van der Waals surface area contributed by atoms with Crippen LogP contribution < -0.4 is 5.32 Å². The highest BCUT2D eigenvalue weighted by Crippen LogP contribution is 2.28. The van der Waals surface area contributed by atoms with Gasteiger partial charge in [-0.2, -0.15) is 0 Å². The maximum atomic E-state index is 12.3.